The van der Waals surface area contributed by atoms with Gasteiger partial charge in [-0.1, -0.05) is 37.6 Å². The van der Waals surface area contributed by atoms with Gasteiger partial charge in [0.15, 0.2) is 11.5 Å². The number of aliphatic carboxylic acids is 1. The molecule has 0 aromatic heterocycles. The van der Waals surface area contributed by atoms with Gasteiger partial charge in [0.05, 0.1) is 20.6 Å². The monoisotopic (exact) mass is 608 g/mol. The first-order valence-electron chi connectivity index (χ1n) is 13.1. The summed E-state index contributed by atoms with van der Waals surface area (Å²) in [6.07, 6.45) is -0.566. The zero-order chi connectivity index (χ0) is 30.3. The molecule has 1 heterocycles. The van der Waals surface area contributed by atoms with Gasteiger partial charge in [0, 0.05) is 40.4 Å². The second kappa shape index (κ2) is 14.3. The summed E-state index contributed by atoms with van der Waals surface area (Å²) in [7, 11) is 3.00. The predicted octanol–water partition coefficient (Wildman–Crippen LogP) is 3.91. The summed E-state index contributed by atoms with van der Waals surface area (Å²) in [4.78, 5) is 40.5. The number of thioether (sulfide) groups is 1. The molecule has 0 saturated carbocycles. The molecule has 3 N–H and O–H groups in total. The fourth-order valence-corrected chi connectivity index (χ4v) is 5.27. The standard InChI is InChI=1S/C29H37ClN2O8S/c1-29(2,16-33)15-32-21-10-9-17(30)13-19(21)25(18-7-6-8-22(38-3)26(18)39-4)40-23(27(32)35)14-24(34)31-20(28(36)37)11-12-41-5/h6-10,13,20,23,25,33H,11-12,14-16H2,1-5H3,(H,31,34)(H,36,37)/t20-,23-,25+/m1/s1. The van der Waals surface area contributed by atoms with Crippen LogP contribution in [0.1, 0.15) is 43.9 Å². The van der Waals surface area contributed by atoms with Crippen molar-refractivity contribution in [3.8, 4) is 11.5 Å². The first kappa shape index (κ1) is 32.5. The molecule has 3 atom stereocenters. The minimum absolute atomic E-state index is 0.117. The van der Waals surface area contributed by atoms with Crippen LogP contribution in [0.3, 0.4) is 0 Å². The Morgan fingerprint density at radius 3 is 2.54 bits per heavy atom. The van der Waals surface area contributed by atoms with E-state index in [2.05, 4.69) is 5.32 Å². The molecule has 12 heteroatoms. The second-order valence-corrected chi connectivity index (χ2v) is 11.9. The number of hydrogen-bond donors (Lipinski definition) is 3. The Morgan fingerprint density at radius 1 is 1.20 bits per heavy atom. The van der Waals surface area contributed by atoms with Crippen molar-refractivity contribution in [1.29, 1.82) is 0 Å². The lowest BCUT2D eigenvalue weighted by molar-refractivity contribution is -0.143. The molecule has 2 amide bonds. The van der Waals surface area contributed by atoms with Crippen molar-refractivity contribution in [3.63, 3.8) is 0 Å². The molecule has 0 radical (unpaired) electrons. The summed E-state index contributed by atoms with van der Waals surface area (Å²) >= 11 is 7.90. The van der Waals surface area contributed by atoms with Crippen LogP contribution in [0.5, 0.6) is 11.5 Å². The highest BCUT2D eigenvalue weighted by Gasteiger charge is 2.41. The lowest BCUT2D eigenvalue weighted by Crippen LogP contribution is -2.48. The number of methoxy groups -OCH3 is 2. The van der Waals surface area contributed by atoms with Crippen LogP contribution in [-0.4, -0.2) is 79.5 Å². The molecular weight excluding hydrogens is 572 g/mol. The van der Waals surface area contributed by atoms with E-state index in [1.165, 1.54) is 30.9 Å². The van der Waals surface area contributed by atoms with Gasteiger partial charge >= 0.3 is 5.97 Å². The van der Waals surface area contributed by atoms with Crippen molar-refractivity contribution in [3.05, 3.63) is 52.5 Å². The summed E-state index contributed by atoms with van der Waals surface area (Å²) < 4.78 is 17.6. The maximum Gasteiger partial charge on any atom is 0.326 e. The number of ether oxygens (including phenoxy) is 3. The molecule has 0 saturated heterocycles. The van der Waals surface area contributed by atoms with Crippen molar-refractivity contribution >= 4 is 46.8 Å². The van der Waals surface area contributed by atoms with E-state index < -0.39 is 47.9 Å². The van der Waals surface area contributed by atoms with Crippen LogP contribution >= 0.6 is 23.4 Å². The molecule has 0 aliphatic carbocycles. The minimum Gasteiger partial charge on any atom is -0.493 e. The Morgan fingerprint density at radius 2 is 1.93 bits per heavy atom. The number of fused-ring (bicyclic) bond motifs is 1. The van der Waals surface area contributed by atoms with Gasteiger partial charge < -0.3 is 34.6 Å². The number of carboxylic acid groups (broad SMARTS) is 1. The number of para-hydroxylation sites is 1. The number of carbonyl (C=O) groups excluding carboxylic acids is 2. The molecule has 224 valence electrons. The van der Waals surface area contributed by atoms with Crippen molar-refractivity contribution in [1.82, 2.24) is 5.32 Å². The van der Waals surface area contributed by atoms with Gasteiger partial charge in [-0.25, -0.2) is 4.79 Å². The van der Waals surface area contributed by atoms with Crippen molar-refractivity contribution in [2.24, 2.45) is 5.41 Å². The Bertz CT molecular complexity index is 1260. The summed E-state index contributed by atoms with van der Waals surface area (Å²) in [6, 6.07) is 9.21. The molecule has 0 fully saturated rings. The average Bonchev–Trinajstić information content (AvgIpc) is 3.04. The molecule has 0 bridgehead atoms. The highest BCUT2D eigenvalue weighted by molar-refractivity contribution is 7.98. The summed E-state index contributed by atoms with van der Waals surface area (Å²) in [6.45, 7) is 3.55. The zero-order valence-electron chi connectivity index (χ0n) is 23.8. The number of aliphatic hydroxyl groups excluding tert-OH is 1. The first-order chi connectivity index (χ1) is 19.5. The molecule has 1 aliphatic heterocycles. The van der Waals surface area contributed by atoms with E-state index in [9.17, 15) is 24.6 Å². The third-order valence-corrected chi connectivity index (χ3v) is 7.63. The van der Waals surface area contributed by atoms with E-state index in [0.29, 0.717) is 39.1 Å². The minimum atomic E-state index is -1.30. The van der Waals surface area contributed by atoms with E-state index in [-0.39, 0.29) is 19.6 Å². The number of aliphatic hydroxyl groups is 1. The number of benzene rings is 2. The lowest BCUT2D eigenvalue weighted by Gasteiger charge is -2.32. The number of hydrogen-bond acceptors (Lipinski definition) is 8. The third-order valence-electron chi connectivity index (χ3n) is 6.75. The molecule has 0 spiro atoms. The maximum atomic E-state index is 14.1. The highest BCUT2D eigenvalue weighted by Crippen LogP contribution is 2.45. The van der Waals surface area contributed by atoms with E-state index in [4.69, 9.17) is 25.8 Å². The number of carboxylic acids is 1. The van der Waals surface area contributed by atoms with Gasteiger partial charge in [-0.2, -0.15) is 11.8 Å². The molecule has 41 heavy (non-hydrogen) atoms. The van der Waals surface area contributed by atoms with Crippen LogP contribution < -0.4 is 19.7 Å². The molecular formula is C29H37ClN2O8S. The van der Waals surface area contributed by atoms with Crippen LogP contribution in [-0.2, 0) is 19.1 Å². The Hall–Kier alpha value is -2.99. The first-order valence-corrected chi connectivity index (χ1v) is 14.8. The average molecular weight is 609 g/mol. The molecule has 2 aromatic rings. The zero-order valence-corrected chi connectivity index (χ0v) is 25.4. The number of anilines is 1. The largest absolute Gasteiger partial charge is 0.493 e. The van der Waals surface area contributed by atoms with E-state index in [0.717, 1.165) is 0 Å². The van der Waals surface area contributed by atoms with Crippen LogP contribution in [0.25, 0.3) is 0 Å². The van der Waals surface area contributed by atoms with Gasteiger partial charge in [-0.15, -0.1) is 0 Å². The number of rotatable bonds is 13. The molecule has 2 aromatic carbocycles. The normalized spacial score (nSPS) is 17.8. The fraction of sp³-hybridized carbons (Fsp3) is 0.483. The maximum absolute atomic E-state index is 14.1. The van der Waals surface area contributed by atoms with Crippen molar-refractivity contribution < 1.29 is 38.8 Å². The SMILES string of the molecule is COc1cccc([C@@H]2O[C@H](CC(=O)N[C@H](CCSC)C(=O)O)C(=O)N(CC(C)(C)CO)c3ccc(Cl)cc32)c1OC. The van der Waals surface area contributed by atoms with Gasteiger partial charge in [-0.3, -0.25) is 9.59 Å². The Labute approximate surface area is 249 Å². The quantitative estimate of drug-likeness (QED) is 0.309. The number of nitrogens with zero attached hydrogens (tertiary/aromatic N) is 1. The van der Waals surface area contributed by atoms with E-state index >= 15 is 0 Å². The second-order valence-electron chi connectivity index (χ2n) is 10.5. The van der Waals surface area contributed by atoms with Crippen LogP contribution in [0.15, 0.2) is 36.4 Å². The number of carbonyl (C=O) groups is 3. The Kier molecular flexibility index (Phi) is 11.3. The lowest BCUT2D eigenvalue weighted by atomic mass is 9.92. The summed E-state index contributed by atoms with van der Waals surface area (Å²) in [5, 5.41) is 22.6. The molecule has 3 rings (SSSR count). The summed E-state index contributed by atoms with van der Waals surface area (Å²) in [5.41, 5.74) is 0.902. The Balaban J connectivity index is 2.13. The molecule has 10 nitrogen and oxygen atoms in total. The van der Waals surface area contributed by atoms with Crippen molar-refractivity contribution in [2.45, 2.75) is 44.9 Å². The molecule has 1 aliphatic rings. The van der Waals surface area contributed by atoms with E-state index in [1.54, 1.807) is 36.4 Å². The number of nitrogens with one attached hydrogen (secondary N) is 1. The van der Waals surface area contributed by atoms with Gasteiger partial charge in [0.1, 0.15) is 18.2 Å². The third kappa shape index (κ3) is 7.85. The highest BCUT2D eigenvalue weighted by atomic mass is 35.5. The number of halogens is 1. The fourth-order valence-electron chi connectivity index (χ4n) is 4.62. The molecule has 0 unspecified atom stereocenters. The van der Waals surface area contributed by atoms with Gasteiger partial charge in [-0.05, 0) is 42.7 Å². The smallest absolute Gasteiger partial charge is 0.326 e. The topological polar surface area (TPSA) is 135 Å². The van der Waals surface area contributed by atoms with Crippen LogP contribution in [0.4, 0.5) is 5.69 Å². The van der Waals surface area contributed by atoms with Gasteiger partial charge in [0.25, 0.3) is 5.91 Å². The van der Waals surface area contributed by atoms with E-state index in [1.807, 2.05) is 20.1 Å². The number of amides is 2. The van der Waals surface area contributed by atoms with Crippen LogP contribution in [0.2, 0.25) is 5.02 Å². The van der Waals surface area contributed by atoms with Crippen molar-refractivity contribution in [2.75, 3.05) is 44.3 Å². The summed E-state index contributed by atoms with van der Waals surface area (Å²) in [5.74, 6) is -0.947. The van der Waals surface area contributed by atoms with Crippen LogP contribution in [0, 0.1) is 5.41 Å². The predicted molar refractivity (Wildman–Crippen MR) is 158 cm³/mol. The van der Waals surface area contributed by atoms with Gasteiger partial charge in [0.2, 0.25) is 5.91 Å².